The Bertz CT molecular complexity index is 463. The maximum Gasteiger partial charge on any atom is 0.138 e. The van der Waals surface area contributed by atoms with Crippen molar-refractivity contribution in [1.82, 2.24) is 14.7 Å². The van der Waals surface area contributed by atoms with Crippen LogP contribution < -0.4 is 10.2 Å². The van der Waals surface area contributed by atoms with Crippen molar-refractivity contribution < 1.29 is 0 Å². The van der Waals surface area contributed by atoms with Crippen molar-refractivity contribution in [3.63, 3.8) is 0 Å². The summed E-state index contributed by atoms with van der Waals surface area (Å²) < 4.78 is 2.11. The molecule has 0 radical (unpaired) electrons. The minimum Gasteiger partial charge on any atom is -0.359 e. The third-order valence-corrected chi connectivity index (χ3v) is 2.85. The number of hydrogen-bond acceptors (Lipinski definition) is 3. The molecule has 2 aromatic rings. The first-order valence-electron chi connectivity index (χ1n) is 6.17. The summed E-state index contributed by atoms with van der Waals surface area (Å²) in [4.78, 5) is 6.54. The van der Waals surface area contributed by atoms with Gasteiger partial charge in [0.2, 0.25) is 0 Å². The summed E-state index contributed by atoms with van der Waals surface area (Å²) in [5, 5.41) is 3.41. The van der Waals surface area contributed by atoms with Gasteiger partial charge in [-0.05, 0) is 25.1 Å². The Morgan fingerprint density at radius 3 is 3.06 bits per heavy atom. The predicted octanol–water partition coefficient (Wildman–Crippen LogP) is 1.77. The SMILES string of the molecule is CCCNCCN(C)c1cccc2nccn12. The van der Waals surface area contributed by atoms with E-state index in [1.54, 1.807) is 0 Å². The average Bonchev–Trinajstić information content (AvgIpc) is 2.82. The van der Waals surface area contributed by atoms with Crippen LogP contribution in [0.5, 0.6) is 0 Å². The van der Waals surface area contributed by atoms with Gasteiger partial charge in [-0.2, -0.15) is 0 Å². The third-order valence-electron chi connectivity index (χ3n) is 2.85. The van der Waals surface area contributed by atoms with Crippen molar-refractivity contribution in [2.45, 2.75) is 13.3 Å². The normalized spacial score (nSPS) is 10.9. The van der Waals surface area contributed by atoms with Gasteiger partial charge in [0, 0.05) is 32.5 Å². The number of anilines is 1. The van der Waals surface area contributed by atoms with E-state index in [2.05, 4.69) is 39.6 Å². The van der Waals surface area contributed by atoms with Gasteiger partial charge in [-0.1, -0.05) is 13.0 Å². The van der Waals surface area contributed by atoms with Crippen LogP contribution in [0.1, 0.15) is 13.3 Å². The molecule has 2 heterocycles. The smallest absolute Gasteiger partial charge is 0.138 e. The van der Waals surface area contributed by atoms with Crippen molar-refractivity contribution in [3.05, 3.63) is 30.6 Å². The lowest BCUT2D eigenvalue weighted by Gasteiger charge is -2.20. The Labute approximate surface area is 102 Å². The molecule has 0 saturated heterocycles. The standard InChI is InChI=1S/C13H20N4/c1-3-7-14-8-10-16(2)13-6-4-5-12-15-9-11-17(12)13/h4-6,9,11,14H,3,7-8,10H2,1-2H3. The second kappa shape index (κ2) is 5.68. The van der Waals surface area contributed by atoms with Crippen LogP contribution in [0.2, 0.25) is 0 Å². The van der Waals surface area contributed by atoms with E-state index in [1.165, 1.54) is 12.2 Å². The lowest BCUT2D eigenvalue weighted by atomic mass is 10.4. The first-order chi connectivity index (χ1) is 8.33. The van der Waals surface area contributed by atoms with Crippen molar-refractivity contribution in [1.29, 1.82) is 0 Å². The molecule has 0 saturated carbocycles. The zero-order chi connectivity index (χ0) is 12.1. The predicted molar refractivity (Wildman–Crippen MR) is 71.6 cm³/mol. The number of nitrogens with one attached hydrogen (secondary N) is 1. The third kappa shape index (κ3) is 2.77. The molecular formula is C13H20N4. The van der Waals surface area contributed by atoms with Crippen molar-refractivity contribution >= 4 is 11.5 Å². The van der Waals surface area contributed by atoms with Gasteiger partial charge in [0.15, 0.2) is 0 Å². The number of pyridine rings is 1. The highest BCUT2D eigenvalue weighted by atomic mass is 15.2. The minimum absolute atomic E-state index is 0.996. The van der Waals surface area contributed by atoms with E-state index in [0.717, 1.165) is 25.3 Å². The Hall–Kier alpha value is -1.55. The summed E-state index contributed by atoms with van der Waals surface area (Å²) in [7, 11) is 2.11. The molecular weight excluding hydrogens is 212 g/mol. The maximum atomic E-state index is 4.29. The molecule has 0 spiro atoms. The van der Waals surface area contributed by atoms with Crippen molar-refractivity contribution in [3.8, 4) is 0 Å². The molecule has 4 heteroatoms. The van der Waals surface area contributed by atoms with Gasteiger partial charge < -0.3 is 10.2 Å². The molecule has 0 bridgehead atoms. The highest BCUT2D eigenvalue weighted by molar-refractivity contribution is 5.51. The fraction of sp³-hybridized carbons (Fsp3) is 0.462. The molecule has 2 rings (SSSR count). The molecule has 0 aliphatic rings. The molecule has 0 atom stereocenters. The number of likely N-dealkylation sites (N-methyl/N-ethyl adjacent to an activating group) is 1. The Kier molecular flexibility index (Phi) is 3.98. The van der Waals surface area contributed by atoms with Crippen LogP contribution in [0.4, 0.5) is 5.82 Å². The highest BCUT2D eigenvalue weighted by Crippen LogP contribution is 2.14. The Balaban J connectivity index is 2.03. The van der Waals surface area contributed by atoms with Crippen molar-refractivity contribution in [2.75, 3.05) is 31.6 Å². The van der Waals surface area contributed by atoms with Gasteiger partial charge >= 0.3 is 0 Å². The van der Waals surface area contributed by atoms with Crippen LogP contribution in [0, 0.1) is 0 Å². The quantitative estimate of drug-likeness (QED) is 0.770. The first kappa shape index (κ1) is 11.9. The number of hydrogen-bond donors (Lipinski definition) is 1. The lowest BCUT2D eigenvalue weighted by molar-refractivity contribution is 0.663. The summed E-state index contributed by atoms with van der Waals surface area (Å²) in [5.74, 6) is 1.18. The molecule has 0 aliphatic heterocycles. The topological polar surface area (TPSA) is 32.6 Å². The van der Waals surface area contributed by atoms with Crippen LogP contribution in [0.3, 0.4) is 0 Å². The molecule has 17 heavy (non-hydrogen) atoms. The van der Waals surface area contributed by atoms with E-state index in [0.29, 0.717) is 0 Å². The fourth-order valence-electron chi connectivity index (χ4n) is 1.91. The summed E-state index contributed by atoms with van der Waals surface area (Å²) in [6.45, 7) is 5.28. The van der Waals surface area contributed by atoms with Gasteiger partial charge in [0.05, 0.1) is 0 Å². The number of aromatic nitrogens is 2. The summed E-state index contributed by atoms with van der Waals surface area (Å²) in [5.41, 5.74) is 0.996. The second-order valence-electron chi connectivity index (χ2n) is 4.21. The van der Waals surface area contributed by atoms with E-state index in [1.807, 2.05) is 24.5 Å². The van der Waals surface area contributed by atoms with Crippen LogP contribution in [0.25, 0.3) is 5.65 Å². The minimum atomic E-state index is 0.996. The van der Waals surface area contributed by atoms with Gasteiger partial charge in [-0.25, -0.2) is 4.98 Å². The first-order valence-corrected chi connectivity index (χ1v) is 6.17. The van der Waals surface area contributed by atoms with Gasteiger partial charge in [0.1, 0.15) is 11.5 Å². The van der Waals surface area contributed by atoms with Gasteiger partial charge in [0.25, 0.3) is 0 Å². The Morgan fingerprint density at radius 1 is 1.35 bits per heavy atom. The van der Waals surface area contributed by atoms with Gasteiger partial charge in [-0.3, -0.25) is 4.40 Å². The average molecular weight is 232 g/mol. The van der Waals surface area contributed by atoms with E-state index in [4.69, 9.17) is 0 Å². The molecule has 2 aromatic heterocycles. The van der Waals surface area contributed by atoms with Crippen LogP contribution >= 0.6 is 0 Å². The van der Waals surface area contributed by atoms with Crippen LogP contribution in [0.15, 0.2) is 30.6 Å². The monoisotopic (exact) mass is 232 g/mol. The summed E-state index contributed by atoms with van der Waals surface area (Å²) >= 11 is 0. The van der Waals surface area contributed by atoms with E-state index >= 15 is 0 Å². The summed E-state index contributed by atoms with van der Waals surface area (Å²) in [6.07, 6.45) is 5.02. The lowest BCUT2D eigenvalue weighted by Crippen LogP contribution is -2.30. The maximum absolute atomic E-state index is 4.29. The van der Waals surface area contributed by atoms with E-state index < -0.39 is 0 Å². The molecule has 0 unspecified atom stereocenters. The molecule has 1 N–H and O–H groups in total. The molecule has 0 amide bonds. The van der Waals surface area contributed by atoms with Crippen LogP contribution in [-0.4, -0.2) is 36.1 Å². The van der Waals surface area contributed by atoms with Gasteiger partial charge in [-0.15, -0.1) is 0 Å². The molecule has 0 aromatic carbocycles. The zero-order valence-electron chi connectivity index (χ0n) is 10.6. The number of imidazole rings is 1. The van der Waals surface area contributed by atoms with Crippen molar-refractivity contribution in [2.24, 2.45) is 0 Å². The molecule has 92 valence electrons. The number of nitrogens with zero attached hydrogens (tertiary/aromatic N) is 3. The number of rotatable bonds is 6. The highest BCUT2D eigenvalue weighted by Gasteiger charge is 2.04. The van der Waals surface area contributed by atoms with Crippen LogP contribution in [-0.2, 0) is 0 Å². The largest absolute Gasteiger partial charge is 0.359 e. The molecule has 0 fully saturated rings. The Morgan fingerprint density at radius 2 is 2.24 bits per heavy atom. The van der Waals surface area contributed by atoms with E-state index in [9.17, 15) is 0 Å². The molecule has 4 nitrogen and oxygen atoms in total. The second-order valence-corrected chi connectivity index (χ2v) is 4.21. The number of fused-ring (bicyclic) bond motifs is 1. The summed E-state index contributed by atoms with van der Waals surface area (Å²) in [6, 6.07) is 6.19. The molecule has 0 aliphatic carbocycles. The zero-order valence-corrected chi connectivity index (χ0v) is 10.6. The van der Waals surface area contributed by atoms with E-state index in [-0.39, 0.29) is 0 Å². The fourth-order valence-corrected chi connectivity index (χ4v) is 1.91.